The van der Waals surface area contributed by atoms with Crippen molar-refractivity contribution >= 4 is 22.8 Å². The number of aryl methyl sites for hydroxylation is 1. The second-order valence-corrected chi connectivity index (χ2v) is 12.1. The topological polar surface area (TPSA) is 113 Å². The Hall–Kier alpha value is -5.18. The van der Waals surface area contributed by atoms with Crippen molar-refractivity contribution < 1.29 is 31.8 Å². The summed E-state index contributed by atoms with van der Waals surface area (Å²) in [6.07, 6.45) is 2.36. The number of amides is 2. The predicted molar refractivity (Wildman–Crippen MR) is 168 cm³/mol. The van der Waals surface area contributed by atoms with E-state index < -0.39 is 29.5 Å². The van der Waals surface area contributed by atoms with E-state index in [1.54, 1.807) is 36.1 Å². The number of carbonyl (C=O) groups excluding carboxylic acids is 1. The van der Waals surface area contributed by atoms with Gasteiger partial charge in [-0.1, -0.05) is 6.07 Å². The number of pyridine rings is 2. The van der Waals surface area contributed by atoms with E-state index in [0.29, 0.717) is 48.3 Å². The second kappa shape index (κ2) is 12.4. The number of benzene rings is 1. The van der Waals surface area contributed by atoms with Gasteiger partial charge in [0.2, 0.25) is 5.88 Å². The SMILES string of the molecule is CN1CCC(Oc2ncc(NC(=O)N3CCc4ccc(Oc5c(F)cnc6[nH]c(-c7cnn(C)c7)cc56)cc4C3)cc2C(F)(F)F)CC1. The van der Waals surface area contributed by atoms with Gasteiger partial charge in [0.15, 0.2) is 11.6 Å². The third kappa shape index (κ3) is 6.50. The van der Waals surface area contributed by atoms with Crippen molar-refractivity contribution in [2.45, 2.75) is 38.1 Å². The zero-order chi connectivity index (χ0) is 33.6. The van der Waals surface area contributed by atoms with E-state index in [-0.39, 0.29) is 24.1 Å². The molecule has 2 aliphatic rings. The van der Waals surface area contributed by atoms with Gasteiger partial charge in [-0.25, -0.2) is 19.2 Å². The number of carbonyl (C=O) groups is 1. The van der Waals surface area contributed by atoms with E-state index in [9.17, 15) is 18.0 Å². The Bertz CT molecular complexity index is 1980. The van der Waals surface area contributed by atoms with Gasteiger partial charge in [0.05, 0.1) is 35.4 Å². The van der Waals surface area contributed by atoms with Crippen LogP contribution in [0.1, 0.15) is 29.5 Å². The molecule has 0 unspecified atom stereocenters. The standard InChI is InChI=1S/C33H32F4N8O3/c1-43-8-6-23(7-9-43)48-31-26(33(35,36)37)12-22(15-39-31)41-32(46)45-10-5-19-3-4-24(11-20(19)18-45)47-29-25-13-28(21-14-40-44(2)17-21)42-30(25)38-16-27(29)34/h3-4,11-17,23H,5-10,18H2,1-2H3,(H,38,42)(H,41,46). The van der Waals surface area contributed by atoms with Gasteiger partial charge in [0.25, 0.3) is 0 Å². The van der Waals surface area contributed by atoms with Crippen LogP contribution in [-0.2, 0) is 26.2 Å². The van der Waals surface area contributed by atoms with Gasteiger partial charge in [0.1, 0.15) is 23.1 Å². The number of rotatable bonds is 6. The first-order chi connectivity index (χ1) is 23.0. The maximum atomic E-state index is 15.0. The monoisotopic (exact) mass is 664 g/mol. The van der Waals surface area contributed by atoms with Crippen LogP contribution in [0.4, 0.5) is 28.0 Å². The molecule has 0 radical (unpaired) electrons. The number of aromatic amines is 1. The maximum absolute atomic E-state index is 15.0. The van der Waals surface area contributed by atoms with Gasteiger partial charge in [0, 0.05) is 45.0 Å². The van der Waals surface area contributed by atoms with Crippen molar-refractivity contribution in [3.8, 4) is 28.6 Å². The van der Waals surface area contributed by atoms with Crippen molar-refractivity contribution in [1.82, 2.24) is 34.5 Å². The minimum absolute atomic E-state index is 0.00651. The molecule has 11 nitrogen and oxygen atoms in total. The first-order valence-corrected chi connectivity index (χ1v) is 15.4. The Morgan fingerprint density at radius 1 is 1.02 bits per heavy atom. The van der Waals surface area contributed by atoms with E-state index >= 15 is 4.39 Å². The minimum Gasteiger partial charge on any atom is -0.474 e. The highest BCUT2D eigenvalue weighted by molar-refractivity contribution is 5.90. The molecule has 2 amide bonds. The molecule has 0 spiro atoms. The summed E-state index contributed by atoms with van der Waals surface area (Å²) in [5, 5.41) is 7.18. The van der Waals surface area contributed by atoms with E-state index in [2.05, 4.69) is 30.3 Å². The zero-order valence-corrected chi connectivity index (χ0v) is 26.1. The highest BCUT2D eigenvalue weighted by Gasteiger charge is 2.37. The Balaban J connectivity index is 1.06. The molecule has 15 heteroatoms. The van der Waals surface area contributed by atoms with Gasteiger partial charge in [-0.2, -0.15) is 18.3 Å². The number of likely N-dealkylation sites (tertiary alicyclic amines) is 1. The van der Waals surface area contributed by atoms with Crippen LogP contribution in [0.15, 0.2) is 55.1 Å². The van der Waals surface area contributed by atoms with Crippen LogP contribution < -0.4 is 14.8 Å². The molecule has 6 heterocycles. The van der Waals surface area contributed by atoms with Crippen molar-refractivity contribution in [1.29, 1.82) is 0 Å². The minimum atomic E-state index is -4.73. The number of nitrogens with one attached hydrogen (secondary N) is 2. The molecule has 250 valence electrons. The number of halogens is 4. The molecule has 48 heavy (non-hydrogen) atoms. The third-order valence-electron chi connectivity index (χ3n) is 8.63. The fourth-order valence-electron chi connectivity index (χ4n) is 6.02. The van der Waals surface area contributed by atoms with Gasteiger partial charge < -0.3 is 29.6 Å². The lowest BCUT2D eigenvalue weighted by Crippen LogP contribution is -2.39. The van der Waals surface area contributed by atoms with Gasteiger partial charge in [-0.05, 0) is 61.7 Å². The van der Waals surface area contributed by atoms with Crippen molar-refractivity contribution in [2.75, 3.05) is 32.0 Å². The molecule has 0 saturated carbocycles. The summed E-state index contributed by atoms with van der Waals surface area (Å²) in [6.45, 7) is 1.95. The van der Waals surface area contributed by atoms with Crippen LogP contribution >= 0.6 is 0 Å². The molecular formula is C33H32F4N8O3. The van der Waals surface area contributed by atoms with Crippen LogP contribution in [0.3, 0.4) is 0 Å². The summed E-state index contributed by atoms with van der Waals surface area (Å²) >= 11 is 0. The number of urea groups is 1. The average molecular weight is 665 g/mol. The Morgan fingerprint density at radius 3 is 2.58 bits per heavy atom. The van der Waals surface area contributed by atoms with E-state index in [1.165, 1.54) is 11.1 Å². The van der Waals surface area contributed by atoms with Crippen molar-refractivity contribution in [3.63, 3.8) is 0 Å². The van der Waals surface area contributed by atoms with Gasteiger partial charge in [-0.15, -0.1) is 0 Å². The van der Waals surface area contributed by atoms with Gasteiger partial charge >= 0.3 is 12.2 Å². The quantitative estimate of drug-likeness (QED) is 0.203. The molecule has 2 aliphatic heterocycles. The molecule has 1 aromatic carbocycles. The highest BCUT2D eigenvalue weighted by atomic mass is 19.4. The number of hydrogen-bond donors (Lipinski definition) is 2. The molecule has 1 fully saturated rings. The molecule has 7 rings (SSSR count). The molecule has 4 aromatic heterocycles. The number of H-pyrrole nitrogens is 1. The van der Waals surface area contributed by atoms with Crippen molar-refractivity contribution in [3.05, 3.63) is 77.6 Å². The Labute approximate surface area is 272 Å². The van der Waals surface area contributed by atoms with Crippen LogP contribution in [0.2, 0.25) is 0 Å². The molecular weight excluding hydrogens is 632 g/mol. The number of anilines is 1. The smallest absolute Gasteiger partial charge is 0.421 e. The average Bonchev–Trinajstić information content (AvgIpc) is 3.70. The summed E-state index contributed by atoms with van der Waals surface area (Å²) in [4.78, 5) is 28.1. The van der Waals surface area contributed by atoms with Gasteiger partial charge in [-0.3, -0.25) is 4.68 Å². The number of nitrogens with zero attached hydrogens (tertiary/aromatic N) is 6. The summed E-state index contributed by atoms with van der Waals surface area (Å²) in [6, 6.07) is 7.33. The molecule has 0 aliphatic carbocycles. The molecule has 0 bridgehead atoms. The number of alkyl halides is 3. The zero-order valence-electron chi connectivity index (χ0n) is 26.1. The Morgan fingerprint density at radius 2 is 1.83 bits per heavy atom. The number of ether oxygens (including phenoxy) is 2. The number of hydrogen-bond acceptors (Lipinski definition) is 7. The lowest BCUT2D eigenvalue weighted by molar-refractivity contribution is -0.139. The molecule has 1 saturated heterocycles. The number of piperidine rings is 1. The highest BCUT2D eigenvalue weighted by Crippen LogP contribution is 2.38. The molecule has 5 aromatic rings. The van der Waals surface area contributed by atoms with Crippen molar-refractivity contribution in [2.24, 2.45) is 7.05 Å². The predicted octanol–water partition coefficient (Wildman–Crippen LogP) is 6.37. The molecule has 0 atom stereocenters. The first kappa shape index (κ1) is 31.4. The lowest BCUT2D eigenvalue weighted by atomic mass is 9.99. The number of fused-ring (bicyclic) bond motifs is 2. The second-order valence-electron chi connectivity index (χ2n) is 12.1. The largest absolute Gasteiger partial charge is 0.474 e. The fourth-order valence-corrected chi connectivity index (χ4v) is 6.02. The molecule has 2 N–H and O–H groups in total. The van der Waals surface area contributed by atoms with E-state index in [4.69, 9.17) is 9.47 Å². The summed E-state index contributed by atoms with van der Waals surface area (Å²) in [5.74, 6) is -0.795. The summed E-state index contributed by atoms with van der Waals surface area (Å²) in [5.41, 5.74) is 2.54. The maximum Gasteiger partial charge on any atom is 0.421 e. The normalized spacial score (nSPS) is 15.8. The summed E-state index contributed by atoms with van der Waals surface area (Å²) in [7, 11) is 3.75. The number of aromatic nitrogens is 5. The van der Waals surface area contributed by atoms with E-state index in [1.807, 2.05) is 19.3 Å². The van der Waals surface area contributed by atoms with E-state index in [0.717, 1.165) is 42.0 Å². The fraction of sp³-hybridized carbons (Fsp3) is 0.333. The third-order valence-corrected chi connectivity index (χ3v) is 8.63. The van der Waals surface area contributed by atoms with Crippen LogP contribution in [0.5, 0.6) is 17.4 Å². The van der Waals surface area contributed by atoms with Crippen LogP contribution in [0.25, 0.3) is 22.3 Å². The Kier molecular flexibility index (Phi) is 8.15. The van der Waals surface area contributed by atoms with Crippen LogP contribution in [-0.4, -0.2) is 73.3 Å². The van der Waals surface area contributed by atoms with Crippen LogP contribution in [0, 0.1) is 5.82 Å². The lowest BCUT2D eigenvalue weighted by Gasteiger charge is -2.30. The summed E-state index contributed by atoms with van der Waals surface area (Å²) < 4.78 is 70.4. The first-order valence-electron chi connectivity index (χ1n) is 15.4.